The summed E-state index contributed by atoms with van der Waals surface area (Å²) in [4.78, 5) is 11.4. The molecule has 0 aliphatic heterocycles. The van der Waals surface area contributed by atoms with Crippen molar-refractivity contribution in [3.8, 4) is 0 Å². The van der Waals surface area contributed by atoms with Crippen molar-refractivity contribution < 1.29 is 4.79 Å². The SMILES string of the molecule is CC(C)C(=O)NC1CC(N)C1(C)C. The van der Waals surface area contributed by atoms with Gasteiger partial charge in [0.05, 0.1) is 0 Å². The molecule has 1 fully saturated rings. The highest BCUT2D eigenvalue weighted by atomic mass is 16.1. The van der Waals surface area contributed by atoms with Crippen LogP contribution in [-0.2, 0) is 4.79 Å². The average molecular weight is 184 g/mol. The van der Waals surface area contributed by atoms with Crippen LogP contribution >= 0.6 is 0 Å². The maximum absolute atomic E-state index is 11.4. The molecule has 1 aliphatic carbocycles. The third-order valence-electron chi connectivity index (χ3n) is 3.18. The predicted octanol–water partition coefficient (Wildman–Crippen LogP) is 0.884. The van der Waals surface area contributed by atoms with Gasteiger partial charge in [0.15, 0.2) is 0 Å². The summed E-state index contributed by atoms with van der Waals surface area (Å²) in [6.07, 6.45) is 0.908. The standard InChI is InChI=1S/C10H20N2O/c1-6(2)9(13)12-8-5-7(11)10(8,3)4/h6-8H,5,11H2,1-4H3,(H,12,13). The second kappa shape index (κ2) is 3.29. The van der Waals surface area contributed by atoms with Gasteiger partial charge in [-0.25, -0.2) is 0 Å². The fourth-order valence-corrected chi connectivity index (χ4v) is 1.54. The highest BCUT2D eigenvalue weighted by Gasteiger charge is 2.46. The summed E-state index contributed by atoms with van der Waals surface area (Å²) in [5.74, 6) is 0.192. The quantitative estimate of drug-likeness (QED) is 0.669. The molecule has 0 aromatic carbocycles. The van der Waals surface area contributed by atoms with Gasteiger partial charge < -0.3 is 11.1 Å². The Balaban J connectivity index is 2.45. The summed E-state index contributed by atoms with van der Waals surface area (Å²) in [6.45, 7) is 8.01. The summed E-state index contributed by atoms with van der Waals surface area (Å²) in [7, 11) is 0. The summed E-state index contributed by atoms with van der Waals surface area (Å²) in [5.41, 5.74) is 5.91. The molecule has 0 aromatic heterocycles. The van der Waals surface area contributed by atoms with Crippen molar-refractivity contribution in [3.63, 3.8) is 0 Å². The smallest absolute Gasteiger partial charge is 0.222 e. The van der Waals surface area contributed by atoms with Crippen LogP contribution in [0.2, 0.25) is 0 Å². The molecule has 0 heterocycles. The van der Waals surface area contributed by atoms with E-state index in [0.29, 0.717) is 0 Å². The third-order valence-corrected chi connectivity index (χ3v) is 3.18. The number of amides is 1. The molecule has 76 valence electrons. The summed E-state index contributed by atoms with van der Waals surface area (Å²) in [6, 6.07) is 0.488. The minimum atomic E-state index is 0.0601. The first kappa shape index (κ1) is 10.5. The topological polar surface area (TPSA) is 55.1 Å². The van der Waals surface area contributed by atoms with Crippen molar-refractivity contribution in [3.05, 3.63) is 0 Å². The van der Waals surface area contributed by atoms with Gasteiger partial charge in [0.2, 0.25) is 5.91 Å². The molecular weight excluding hydrogens is 164 g/mol. The van der Waals surface area contributed by atoms with Crippen LogP contribution in [0.4, 0.5) is 0 Å². The van der Waals surface area contributed by atoms with Crippen LogP contribution in [-0.4, -0.2) is 18.0 Å². The van der Waals surface area contributed by atoms with Gasteiger partial charge in [0.1, 0.15) is 0 Å². The first-order chi connectivity index (χ1) is 5.85. The van der Waals surface area contributed by atoms with Crippen molar-refractivity contribution in [1.82, 2.24) is 5.32 Å². The van der Waals surface area contributed by atoms with Gasteiger partial charge in [-0.3, -0.25) is 4.79 Å². The number of nitrogens with one attached hydrogen (secondary N) is 1. The monoisotopic (exact) mass is 184 g/mol. The Hall–Kier alpha value is -0.570. The average Bonchev–Trinajstić information content (AvgIpc) is 2.03. The van der Waals surface area contributed by atoms with Crippen LogP contribution in [0.3, 0.4) is 0 Å². The van der Waals surface area contributed by atoms with E-state index in [9.17, 15) is 4.79 Å². The molecule has 2 unspecified atom stereocenters. The number of carbonyl (C=O) groups is 1. The van der Waals surface area contributed by atoms with Crippen LogP contribution in [0, 0.1) is 11.3 Å². The first-order valence-corrected chi connectivity index (χ1v) is 4.91. The highest BCUT2D eigenvalue weighted by Crippen LogP contribution is 2.39. The molecule has 13 heavy (non-hydrogen) atoms. The first-order valence-electron chi connectivity index (χ1n) is 4.91. The normalized spacial score (nSPS) is 31.2. The van der Waals surface area contributed by atoms with Crippen LogP contribution in [0.5, 0.6) is 0 Å². The van der Waals surface area contributed by atoms with E-state index < -0.39 is 0 Å². The fourth-order valence-electron chi connectivity index (χ4n) is 1.54. The van der Waals surface area contributed by atoms with Crippen molar-refractivity contribution >= 4 is 5.91 Å². The second-order valence-electron chi connectivity index (χ2n) is 4.88. The van der Waals surface area contributed by atoms with E-state index >= 15 is 0 Å². The molecule has 3 nitrogen and oxygen atoms in total. The zero-order chi connectivity index (χ0) is 10.2. The molecule has 2 atom stereocenters. The van der Waals surface area contributed by atoms with E-state index in [2.05, 4.69) is 19.2 Å². The Bertz CT molecular complexity index is 211. The second-order valence-corrected chi connectivity index (χ2v) is 4.88. The largest absolute Gasteiger partial charge is 0.352 e. The number of hydrogen-bond donors (Lipinski definition) is 2. The molecule has 1 saturated carbocycles. The molecule has 0 aromatic rings. The minimum absolute atomic E-state index is 0.0601. The van der Waals surface area contributed by atoms with Gasteiger partial charge in [0, 0.05) is 23.4 Å². The number of nitrogens with two attached hydrogens (primary N) is 1. The van der Waals surface area contributed by atoms with Gasteiger partial charge >= 0.3 is 0 Å². The molecule has 3 heteroatoms. The molecule has 0 spiro atoms. The van der Waals surface area contributed by atoms with Crippen molar-refractivity contribution in [2.24, 2.45) is 17.1 Å². The van der Waals surface area contributed by atoms with Gasteiger partial charge in [0.25, 0.3) is 0 Å². The van der Waals surface area contributed by atoms with E-state index in [-0.39, 0.29) is 29.3 Å². The summed E-state index contributed by atoms with van der Waals surface area (Å²) >= 11 is 0. The van der Waals surface area contributed by atoms with Crippen LogP contribution < -0.4 is 11.1 Å². The Morgan fingerprint density at radius 2 is 2.08 bits per heavy atom. The summed E-state index contributed by atoms with van der Waals surface area (Å²) < 4.78 is 0. The molecule has 0 radical (unpaired) electrons. The third kappa shape index (κ3) is 1.85. The van der Waals surface area contributed by atoms with Crippen molar-refractivity contribution in [2.45, 2.75) is 46.2 Å². The predicted molar refractivity (Wildman–Crippen MR) is 53.1 cm³/mol. The maximum atomic E-state index is 11.4. The van der Waals surface area contributed by atoms with Gasteiger partial charge in [-0.05, 0) is 6.42 Å². The maximum Gasteiger partial charge on any atom is 0.222 e. The van der Waals surface area contributed by atoms with Crippen LogP contribution in [0.15, 0.2) is 0 Å². The Morgan fingerprint density at radius 3 is 2.38 bits per heavy atom. The molecule has 0 bridgehead atoms. The molecule has 1 rings (SSSR count). The minimum Gasteiger partial charge on any atom is -0.352 e. The van der Waals surface area contributed by atoms with Crippen LogP contribution in [0.25, 0.3) is 0 Å². The number of hydrogen-bond acceptors (Lipinski definition) is 2. The Kier molecular flexibility index (Phi) is 2.66. The van der Waals surface area contributed by atoms with E-state index in [1.54, 1.807) is 0 Å². The Morgan fingerprint density at radius 1 is 1.54 bits per heavy atom. The van der Waals surface area contributed by atoms with E-state index in [0.717, 1.165) is 6.42 Å². The lowest BCUT2D eigenvalue weighted by Crippen LogP contribution is -2.64. The molecular formula is C10H20N2O. The lowest BCUT2D eigenvalue weighted by molar-refractivity contribution is -0.127. The summed E-state index contributed by atoms with van der Waals surface area (Å²) in [5, 5.41) is 3.02. The highest BCUT2D eigenvalue weighted by molar-refractivity contribution is 5.78. The molecule has 1 aliphatic rings. The Labute approximate surface area is 80.1 Å². The fraction of sp³-hybridized carbons (Fsp3) is 0.900. The number of carbonyl (C=O) groups excluding carboxylic acids is 1. The lowest BCUT2D eigenvalue weighted by Gasteiger charge is -2.50. The number of rotatable bonds is 2. The van der Waals surface area contributed by atoms with Crippen molar-refractivity contribution in [1.29, 1.82) is 0 Å². The lowest BCUT2D eigenvalue weighted by atomic mass is 9.63. The van der Waals surface area contributed by atoms with Gasteiger partial charge in [-0.2, -0.15) is 0 Å². The zero-order valence-electron chi connectivity index (χ0n) is 8.92. The van der Waals surface area contributed by atoms with Gasteiger partial charge in [-0.1, -0.05) is 27.7 Å². The molecule has 0 saturated heterocycles. The van der Waals surface area contributed by atoms with Crippen LogP contribution in [0.1, 0.15) is 34.1 Å². The van der Waals surface area contributed by atoms with E-state index in [1.807, 2.05) is 13.8 Å². The van der Waals surface area contributed by atoms with E-state index in [1.165, 1.54) is 0 Å². The van der Waals surface area contributed by atoms with Gasteiger partial charge in [-0.15, -0.1) is 0 Å². The van der Waals surface area contributed by atoms with E-state index in [4.69, 9.17) is 5.73 Å². The zero-order valence-corrected chi connectivity index (χ0v) is 8.92. The molecule has 3 N–H and O–H groups in total. The molecule has 1 amide bonds. The van der Waals surface area contributed by atoms with Crippen molar-refractivity contribution in [2.75, 3.05) is 0 Å².